The van der Waals surface area contributed by atoms with E-state index in [2.05, 4.69) is 15.6 Å². The molecule has 0 aliphatic carbocycles. The molecule has 6 rings (SSSR count). The minimum absolute atomic E-state index is 0.112. The minimum Gasteiger partial charge on any atom is -0.338 e. The van der Waals surface area contributed by atoms with Gasteiger partial charge >= 0.3 is 0 Å². The summed E-state index contributed by atoms with van der Waals surface area (Å²) in [5, 5.41) is 6.46. The van der Waals surface area contributed by atoms with Gasteiger partial charge in [-0.05, 0) is 72.5 Å². The first kappa shape index (κ1) is 25.1. The fraction of sp³-hybridized carbons (Fsp3) is 0.0882. The fourth-order valence-electron chi connectivity index (χ4n) is 5.12. The zero-order valence-corrected chi connectivity index (χ0v) is 22.3. The molecule has 1 aliphatic heterocycles. The van der Waals surface area contributed by atoms with Gasteiger partial charge in [-0.1, -0.05) is 66.7 Å². The number of nitrogens with one attached hydrogen (secondary N) is 2. The molecule has 0 saturated carbocycles. The van der Waals surface area contributed by atoms with Gasteiger partial charge in [0.05, 0.1) is 17.9 Å². The van der Waals surface area contributed by atoms with E-state index in [1.54, 1.807) is 11.1 Å². The Morgan fingerprint density at radius 2 is 1.55 bits per heavy atom. The lowest BCUT2D eigenvalue weighted by Crippen LogP contribution is -2.30. The second-order valence-corrected chi connectivity index (χ2v) is 9.89. The number of benzene rings is 4. The smallest absolute Gasteiger partial charge is 0.258 e. The second kappa shape index (κ2) is 10.5. The molecule has 6 nitrogen and oxygen atoms in total. The van der Waals surface area contributed by atoms with Crippen LogP contribution in [0.15, 0.2) is 109 Å². The van der Waals surface area contributed by atoms with E-state index in [0.717, 1.165) is 45.0 Å². The van der Waals surface area contributed by atoms with Crippen LogP contribution in [-0.2, 0) is 6.54 Å². The summed E-state index contributed by atoms with van der Waals surface area (Å²) in [5.41, 5.74) is 7.83. The molecule has 6 heteroatoms. The van der Waals surface area contributed by atoms with Crippen LogP contribution in [0.4, 0.5) is 22.9 Å². The van der Waals surface area contributed by atoms with Gasteiger partial charge in [-0.3, -0.25) is 9.59 Å². The highest BCUT2D eigenvalue weighted by atomic mass is 16.2. The Balaban J connectivity index is 1.31. The normalized spacial score (nSPS) is 12.0. The molecule has 2 N–H and O–H groups in total. The lowest BCUT2D eigenvalue weighted by molar-refractivity contribution is 0.0983. The molecule has 0 spiro atoms. The highest BCUT2D eigenvalue weighted by Gasteiger charge is 2.27. The molecule has 0 radical (unpaired) electrons. The predicted octanol–water partition coefficient (Wildman–Crippen LogP) is 7.52. The van der Waals surface area contributed by atoms with Gasteiger partial charge in [0.1, 0.15) is 5.82 Å². The molecule has 0 fully saturated rings. The average Bonchev–Trinajstić information content (AvgIpc) is 3.16. The quantitative estimate of drug-likeness (QED) is 0.255. The zero-order chi connectivity index (χ0) is 27.6. The Bertz CT molecular complexity index is 1750. The molecule has 1 aliphatic rings. The van der Waals surface area contributed by atoms with Crippen LogP contribution in [-0.4, -0.2) is 16.8 Å². The molecular formula is C34H28N4O2. The summed E-state index contributed by atoms with van der Waals surface area (Å²) in [5.74, 6) is 0.434. The zero-order valence-electron chi connectivity index (χ0n) is 22.3. The monoisotopic (exact) mass is 524 g/mol. The maximum absolute atomic E-state index is 14.0. The number of hydrogen-bond acceptors (Lipinski definition) is 4. The Kier molecular flexibility index (Phi) is 6.58. The number of amides is 2. The minimum atomic E-state index is -0.197. The number of para-hydroxylation sites is 2. The molecule has 0 saturated heterocycles. The van der Waals surface area contributed by atoms with Crippen LogP contribution in [0.5, 0.6) is 0 Å². The first-order valence-corrected chi connectivity index (χ1v) is 13.2. The van der Waals surface area contributed by atoms with Crippen molar-refractivity contribution in [1.82, 2.24) is 4.98 Å². The number of anilines is 4. The topological polar surface area (TPSA) is 74.3 Å². The number of carbonyl (C=O) groups is 2. The van der Waals surface area contributed by atoms with Crippen molar-refractivity contribution in [1.29, 1.82) is 0 Å². The van der Waals surface area contributed by atoms with Crippen molar-refractivity contribution in [2.45, 2.75) is 20.4 Å². The van der Waals surface area contributed by atoms with Gasteiger partial charge in [0.25, 0.3) is 11.8 Å². The van der Waals surface area contributed by atoms with E-state index in [0.29, 0.717) is 23.4 Å². The summed E-state index contributed by atoms with van der Waals surface area (Å²) < 4.78 is 0. The lowest BCUT2D eigenvalue weighted by Gasteiger charge is -2.24. The first-order valence-electron chi connectivity index (χ1n) is 13.2. The van der Waals surface area contributed by atoms with Crippen LogP contribution in [0.3, 0.4) is 0 Å². The Labute approximate surface area is 233 Å². The van der Waals surface area contributed by atoms with Crippen molar-refractivity contribution in [2.24, 2.45) is 0 Å². The number of pyridine rings is 1. The molecule has 1 aromatic heterocycles. The number of fused-ring (bicyclic) bond motifs is 2. The Hall–Kier alpha value is -5.23. The van der Waals surface area contributed by atoms with Crippen LogP contribution in [0.1, 0.15) is 37.4 Å². The average molecular weight is 525 g/mol. The molecular weight excluding hydrogens is 496 g/mol. The van der Waals surface area contributed by atoms with Crippen LogP contribution < -0.4 is 15.5 Å². The predicted molar refractivity (Wildman–Crippen MR) is 160 cm³/mol. The molecule has 40 heavy (non-hydrogen) atoms. The second-order valence-electron chi connectivity index (χ2n) is 9.89. The maximum Gasteiger partial charge on any atom is 0.258 e. The van der Waals surface area contributed by atoms with Gasteiger partial charge in [-0.2, -0.15) is 0 Å². The number of aryl methyl sites for hydroxylation is 2. The van der Waals surface area contributed by atoms with Gasteiger partial charge < -0.3 is 15.5 Å². The highest BCUT2D eigenvalue weighted by Crippen LogP contribution is 2.36. The highest BCUT2D eigenvalue weighted by molar-refractivity contribution is 6.11. The summed E-state index contributed by atoms with van der Waals surface area (Å²) in [4.78, 5) is 33.7. The molecule has 196 valence electrons. The van der Waals surface area contributed by atoms with E-state index in [1.807, 2.05) is 117 Å². The summed E-state index contributed by atoms with van der Waals surface area (Å²) in [6, 6.07) is 32.8. The standard InChI is InChI=1S/C34H28N4O2/c1-22-20-30(37-33(39)27-15-7-6-14-26(27)24-11-4-3-5-12-24)23(2)19-28(22)34(40)38-21-25-13-10-18-35-32(25)36-29-16-8-9-17-31(29)38/h3-20H,21H2,1-2H3,(H,35,36)(H,37,39). The van der Waals surface area contributed by atoms with Gasteiger partial charge in [0, 0.05) is 28.6 Å². The fourth-order valence-corrected chi connectivity index (χ4v) is 5.12. The van der Waals surface area contributed by atoms with Crippen molar-refractivity contribution in [3.8, 4) is 11.1 Å². The largest absolute Gasteiger partial charge is 0.338 e. The van der Waals surface area contributed by atoms with Gasteiger partial charge in [-0.25, -0.2) is 4.98 Å². The van der Waals surface area contributed by atoms with E-state index >= 15 is 0 Å². The molecule has 0 unspecified atom stereocenters. The van der Waals surface area contributed by atoms with E-state index in [4.69, 9.17) is 0 Å². The van der Waals surface area contributed by atoms with Crippen molar-refractivity contribution in [2.75, 3.05) is 15.5 Å². The third-order valence-electron chi connectivity index (χ3n) is 7.22. The molecule has 0 atom stereocenters. The van der Waals surface area contributed by atoms with Crippen LogP contribution >= 0.6 is 0 Å². The Morgan fingerprint density at radius 1 is 0.800 bits per heavy atom. The number of hydrogen-bond donors (Lipinski definition) is 2. The molecule has 5 aromatic rings. The molecule has 2 heterocycles. The van der Waals surface area contributed by atoms with Gasteiger partial charge in [0.2, 0.25) is 0 Å². The number of rotatable bonds is 4. The number of nitrogens with zero attached hydrogens (tertiary/aromatic N) is 2. The number of aromatic nitrogens is 1. The summed E-state index contributed by atoms with van der Waals surface area (Å²) in [6.07, 6.45) is 1.74. The maximum atomic E-state index is 14.0. The number of carbonyl (C=O) groups excluding carboxylic acids is 2. The molecule has 2 amide bonds. The third kappa shape index (κ3) is 4.71. The van der Waals surface area contributed by atoms with Crippen LogP contribution in [0, 0.1) is 13.8 Å². The van der Waals surface area contributed by atoms with E-state index in [1.165, 1.54) is 0 Å². The van der Waals surface area contributed by atoms with Crippen LogP contribution in [0.2, 0.25) is 0 Å². The lowest BCUT2D eigenvalue weighted by atomic mass is 9.98. The van der Waals surface area contributed by atoms with E-state index < -0.39 is 0 Å². The van der Waals surface area contributed by atoms with E-state index in [9.17, 15) is 9.59 Å². The Morgan fingerprint density at radius 3 is 2.40 bits per heavy atom. The summed E-state index contributed by atoms with van der Waals surface area (Å²) in [7, 11) is 0. The summed E-state index contributed by atoms with van der Waals surface area (Å²) in [6.45, 7) is 4.20. The molecule has 0 bridgehead atoms. The van der Waals surface area contributed by atoms with Crippen LogP contribution in [0.25, 0.3) is 11.1 Å². The van der Waals surface area contributed by atoms with Crippen molar-refractivity contribution >= 4 is 34.7 Å². The van der Waals surface area contributed by atoms with Gasteiger partial charge in [0.15, 0.2) is 0 Å². The SMILES string of the molecule is Cc1cc(C(=O)N2Cc3cccnc3Nc3ccccc32)c(C)cc1NC(=O)c1ccccc1-c1ccccc1. The van der Waals surface area contributed by atoms with Gasteiger partial charge in [-0.15, -0.1) is 0 Å². The first-order chi connectivity index (χ1) is 19.5. The van der Waals surface area contributed by atoms with Crippen molar-refractivity contribution in [3.05, 3.63) is 137 Å². The van der Waals surface area contributed by atoms with E-state index in [-0.39, 0.29) is 11.8 Å². The summed E-state index contributed by atoms with van der Waals surface area (Å²) >= 11 is 0. The molecule has 4 aromatic carbocycles. The third-order valence-corrected chi connectivity index (χ3v) is 7.22. The van der Waals surface area contributed by atoms with Crippen molar-refractivity contribution in [3.63, 3.8) is 0 Å². The van der Waals surface area contributed by atoms with Crippen molar-refractivity contribution < 1.29 is 9.59 Å².